The number of rotatable bonds is 4. The van der Waals surface area contributed by atoms with Crippen LogP contribution in [0.5, 0.6) is 0 Å². The quantitative estimate of drug-likeness (QED) is 0.743. The molecule has 0 unspecified atom stereocenters. The molecule has 3 aromatic rings. The van der Waals surface area contributed by atoms with Gasteiger partial charge in [0.2, 0.25) is 5.76 Å². The van der Waals surface area contributed by atoms with Gasteiger partial charge in [-0.15, -0.1) is 5.10 Å². The van der Waals surface area contributed by atoms with Crippen LogP contribution in [-0.2, 0) is 4.79 Å². The van der Waals surface area contributed by atoms with Crippen molar-refractivity contribution in [2.24, 2.45) is 0 Å². The summed E-state index contributed by atoms with van der Waals surface area (Å²) in [5.74, 6) is 0.0233. The third-order valence-electron chi connectivity index (χ3n) is 2.62. The van der Waals surface area contributed by atoms with Crippen molar-refractivity contribution in [3.63, 3.8) is 0 Å². The first-order valence-electron chi connectivity index (χ1n) is 6.20. The molecular weight excluding hydrogens is 308 g/mol. The van der Waals surface area contributed by atoms with E-state index < -0.39 is 5.91 Å². The van der Waals surface area contributed by atoms with Crippen LogP contribution in [-0.4, -0.2) is 21.3 Å². The summed E-state index contributed by atoms with van der Waals surface area (Å²) in [5.41, 5.74) is 0.729. The first-order valence-corrected chi connectivity index (χ1v) is 6.58. The molecule has 2 heterocycles. The average Bonchev–Trinajstić information content (AvgIpc) is 3.17. The van der Waals surface area contributed by atoms with Crippen molar-refractivity contribution in [3.8, 4) is 11.7 Å². The lowest BCUT2D eigenvalue weighted by Gasteiger charge is -1.97. The number of carbonyl (C=O) groups excluding carboxylic acids is 1. The Morgan fingerprint density at radius 1 is 1.23 bits per heavy atom. The number of hydrogen-bond acceptors (Lipinski definition) is 6. The van der Waals surface area contributed by atoms with Crippen LogP contribution in [0, 0.1) is 0 Å². The molecule has 1 N–H and O–H groups in total. The molecule has 0 bridgehead atoms. The number of halogens is 1. The van der Waals surface area contributed by atoms with E-state index in [1.54, 1.807) is 24.3 Å². The van der Waals surface area contributed by atoms with Gasteiger partial charge in [0, 0.05) is 17.2 Å². The fraction of sp³-hybridized carbons (Fsp3) is 0. The number of amides is 1. The maximum atomic E-state index is 11.8. The van der Waals surface area contributed by atoms with E-state index in [9.17, 15) is 4.79 Å². The number of anilines is 1. The van der Waals surface area contributed by atoms with Crippen LogP contribution in [0.3, 0.4) is 0 Å². The summed E-state index contributed by atoms with van der Waals surface area (Å²) in [4.78, 5) is 11.8. The molecule has 0 aliphatic heterocycles. The van der Waals surface area contributed by atoms with E-state index in [4.69, 9.17) is 20.5 Å². The predicted octanol–water partition coefficient (Wildman–Crippen LogP) is 3.03. The number of nitrogens with one attached hydrogen (secondary N) is 1. The number of nitrogens with zero attached hydrogens (tertiary/aromatic N) is 3. The van der Waals surface area contributed by atoms with Crippen LogP contribution in [0.25, 0.3) is 17.7 Å². The minimum atomic E-state index is -0.423. The van der Waals surface area contributed by atoms with Gasteiger partial charge in [-0.05, 0) is 17.7 Å². The van der Waals surface area contributed by atoms with Crippen molar-refractivity contribution in [1.29, 1.82) is 0 Å². The minimum absolute atomic E-state index is 0.0415. The van der Waals surface area contributed by atoms with Gasteiger partial charge in [-0.3, -0.25) is 10.1 Å². The molecule has 0 saturated heterocycles. The van der Waals surface area contributed by atoms with Crippen molar-refractivity contribution >= 4 is 29.6 Å². The molecule has 0 atom stereocenters. The van der Waals surface area contributed by atoms with Gasteiger partial charge < -0.3 is 8.94 Å². The zero-order valence-corrected chi connectivity index (χ0v) is 11.8. The zero-order chi connectivity index (χ0) is 15.4. The Balaban J connectivity index is 1.66. The Labute approximate surface area is 129 Å². The summed E-state index contributed by atoms with van der Waals surface area (Å²) in [7, 11) is 0. The van der Waals surface area contributed by atoms with Crippen molar-refractivity contribution in [2.45, 2.75) is 0 Å². The lowest BCUT2D eigenvalue weighted by Crippen LogP contribution is -2.07. The summed E-state index contributed by atoms with van der Waals surface area (Å²) in [6, 6.07) is 8.69. The highest BCUT2D eigenvalue weighted by atomic mass is 35.5. The predicted molar refractivity (Wildman–Crippen MR) is 78.9 cm³/mol. The molecule has 3 rings (SSSR count). The number of benzene rings is 1. The summed E-state index contributed by atoms with van der Waals surface area (Å²) in [6.07, 6.45) is 4.36. The lowest BCUT2D eigenvalue weighted by molar-refractivity contribution is -0.112. The van der Waals surface area contributed by atoms with Gasteiger partial charge in [0.25, 0.3) is 11.8 Å². The van der Waals surface area contributed by atoms with Crippen molar-refractivity contribution in [2.75, 3.05) is 5.32 Å². The molecule has 110 valence electrons. The zero-order valence-electron chi connectivity index (χ0n) is 11.1. The molecule has 0 radical (unpaired) electrons. The van der Waals surface area contributed by atoms with E-state index in [0.717, 1.165) is 5.56 Å². The van der Waals surface area contributed by atoms with Gasteiger partial charge in [0.1, 0.15) is 0 Å². The van der Waals surface area contributed by atoms with Crippen LogP contribution in [0.4, 0.5) is 6.01 Å². The van der Waals surface area contributed by atoms with E-state index in [1.807, 2.05) is 12.1 Å². The van der Waals surface area contributed by atoms with Crippen LogP contribution in [0.1, 0.15) is 5.56 Å². The maximum absolute atomic E-state index is 11.8. The molecule has 0 saturated carbocycles. The normalized spacial score (nSPS) is 11.0. The Kier molecular flexibility index (Phi) is 3.97. The van der Waals surface area contributed by atoms with Crippen LogP contribution in [0.15, 0.2) is 51.5 Å². The third kappa shape index (κ3) is 3.21. The first-order chi connectivity index (χ1) is 10.7. The summed E-state index contributed by atoms with van der Waals surface area (Å²) >= 11 is 5.99. The molecular formula is C14H9ClN4O3. The smallest absolute Gasteiger partial charge is 0.322 e. The summed E-state index contributed by atoms with van der Waals surface area (Å²) < 4.78 is 10.1. The highest BCUT2D eigenvalue weighted by molar-refractivity contribution is 6.32. The Hall–Kier alpha value is -2.93. The summed E-state index contributed by atoms with van der Waals surface area (Å²) in [5, 5.41) is 13.9. The molecule has 7 nitrogen and oxygen atoms in total. The van der Waals surface area contributed by atoms with Gasteiger partial charge in [0.15, 0.2) is 0 Å². The number of hydrogen-bond donors (Lipinski definition) is 1. The van der Waals surface area contributed by atoms with Gasteiger partial charge in [-0.25, -0.2) is 0 Å². The average molecular weight is 317 g/mol. The monoisotopic (exact) mass is 316 g/mol. The molecule has 0 spiro atoms. The SMILES string of the molecule is O=C(C=Cc1ccccc1Cl)Nc1nnc(-c2ccno2)o1. The molecule has 0 aliphatic rings. The van der Waals surface area contributed by atoms with Crippen LogP contribution >= 0.6 is 11.6 Å². The standard InChI is InChI=1S/C14H9ClN4O3/c15-10-4-2-1-3-9(10)5-6-12(20)17-14-19-18-13(21-14)11-7-8-16-22-11/h1-8H,(H,17,19,20). The van der Waals surface area contributed by atoms with E-state index in [0.29, 0.717) is 10.8 Å². The third-order valence-corrected chi connectivity index (χ3v) is 2.97. The van der Waals surface area contributed by atoms with Gasteiger partial charge in [-0.1, -0.05) is 40.1 Å². The molecule has 8 heteroatoms. The topological polar surface area (TPSA) is 94.1 Å². The lowest BCUT2D eigenvalue weighted by atomic mass is 10.2. The molecule has 2 aromatic heterocycles. The van der Waals surface area contributed by atoms with E-state index >= 15 is 0 Å². The van der Waals surface area contributed by atoms with Crippen molar-refractivity contribution < 1.29 is 13.7 Å². The fourth-order valence-corrected chi connectivity index (χ4v) is 1.82. The highest BCUT2D eigenvalue weighted by Crippen LogP contribution is 2.19. The second kappa shape index (κ2) is 6.23. The molecule has 0 fully saturated rings. The largest absolute Gasteiger partial charge is 0.400 e. The second-order valence-corrected chi connectivity index (χ2v) is 4.54. The maximum Gasteiger partial charge on any atom is 0.322 e. The Morgan fingerprint density at radius 2 is 2.09 bits per heavy atom. The van der Waals surface area contributed by atoms with E-state index in [1.165, 1.54) is 12.3 Å². The first kappa shape index (κ1) is 14.0. The Bertz CT molecular complexity index is 811. The van der Waals surface area contributed by atoms with Gasteiger partial charge in [-0.2, -0.15) is 0 Å². The van der Waals surface area contributed by atoms with E-state index in [2.05, 4.69) is 20.7 Å². The highest BCUT2D eigenvalue weighted by Gasteiger charge is 2.12. The minimum Gasteiger partial charge on any atom is -0.400 e. The van der Waals surface area contributed by atoms with Crippen molar-refractivity contribution in [1.82, 2.24) is 15.4 Å². The van der Waals surface area contributed by atoms with Gasteiger partial charge in [0.05, 0.1) is 6.20 Å². The fourth-order valence-electron chi connectivity index (χ4n) is 1.62. The second-order valence-electron chi connectivity index (χ2n) is 4.13. The molecule has 0 aliphatic carbocycles. The molecule has 22 heavy (non-hydrogen) atoms. The Morgan fingerprint density at radius 3 is 2.86 bits per heavy atom. The summed E-state index contributed by atoms with van der Waals surface area (Å²) in [6.45, 7) is 0. The molecule has 1 aromatic carbocycles. The van der Waals surface area contributed by atoms with Crippen LogP contribution < -0.4 is 5.32 Å². The van der Waals surface area contributed by atoms with Crippen molar-refractivity contribution in [3.05, 3.63) is 53.2 Å². The molecule has 1 amide bonds. The van der Waals surface area contributed by atoms with Crippen LogP contribution in [0.2, 0.25) is 5.02 Å². The van der Waals surface area contributed by atoms with Gasteiger partial charge >= 0.3 is 6.01 Å². The van der Waals surface area contributed by atoms with E-state index in [-0.39, 0.29) is 11.9 Å². The number of carbonyl (C=O) groups is 1. The number of aromatic nitrogens is 3.